The summed E-state index contributed by atoms with van der Waals surface area (Å²) in [5.41, 5.74) is 0.957. The van der Waals surface area contributed by atoms with Gasteiger partial charge in [-0.25, -0.2) is 4.39 Å². The summed E-state index contributed by atoms with van der Waals surface area (Å²) in [5, 5.41) is 18.6. The Balaban J connectivity index is 3.16. The molecule has 0 radical (unpaired) electrons. The highest BCUT2D eigenvalue weighted by Gasteiger charge is 2.19. The van der Waals surface area contributed by atoms with Crippen molar-refractivity contribution >= 4 is 5.69 Å². The van der Waals surface area contributed by atoms with Crippen molar-refractivity contribution < 1.29 is 9.50 Å². The number of rotatable bonds is 5. The van der Waals surface area contributed by atoms with Crippen LogP contribution in [-0.2, 0) is 0 Å². The first-order valence-electron chi connectivity index (χ1n) is 6.12. The fourth-order valence-corrected chi connectivity index (χ4v) is 1.95. The maximum Gasteiger partial charge on any atom is 0.146 e. The van der Waals surface area contributed by atoms with Crippen LogP contribution in [0.3, 0.4) is 0 Å². The molecule has 0 aliphatic rings. The molecule has 0 saturated carbocycles. The second-order valence-corrected chi connectivity index (χ2v) is 4.42. The predicted octanol–water partition coefficient (Wildman–Crippen LogP) is 2.86. The van der Waals surface area contributed by atoms with Crippen molar-refractivity contribution in [3.63, 3.8) is 0 Å². The highest BCUT2D eigenvalue weighted by Crippen LogP contribution is 2.29. The molecule has 1 N–H and O–H groups in total. The summed E-state index contributed by atoms with van der Waals surface area (Å²) in [4.78, 5) is 1.80. The van der Waals surface area contributed by atoms with E-state index in [0.717, 1.165) is 0 Å². The lowest BCUT2D eigenvalue weighted by atomic mass is 10.1. The SMILES string of the molecule is CCN(CC(C)C#N)c1c(F)cccc1C(C)O. The number of benzene rings is 1. The lowest BCUT2D eigenvalue weighted by Crippen LogP contribution is -2.29. The normalized spacial score (nSPS) is 13.8. The minimum Gasteiger partial charge on any atom is -0.389 e. The van der Waals surface area contributed by atoms with E-state index in [1.54, 1.807) is 30.9 Å². The molecule has 0 saturated heterocycles. The lowest BCUT2D eigenvalue weighted by molar-refractivity contribution is 0.199. The average Bonchev–Trinajstić information content (AvgIpc) is 2.35. The molecule has 1 rings (SSSR count). The van der Waals surface area contributed by atoms with Crippen molar-refractivity contribution in [3.8, 4) is 6.07 Å². The fourth-order valence-electron chi connectivity index (χ4n) is 1.95. The summed E-state index contributed by atoms with van der Waals surface area (Å²) in [6.45, 7) is 6.36. The van der Waals surface area contributed by atoms with E-state index in [0.29, 0.717) is 24.3 Å². The Morgan fingerprint density at radius 2 is 2.11 bits per heavy atom. The van der Waals surface area contributed by atoms with Crippen LogP contribution in [0.5, 0.6) is 0 Å². The molecular weight excluding hydrogens is 231 g/mol. The van der Waals surface area contributed by atoms with Crippen LogP contribution in [0.1, 0.15) is 32.4 Å². The van der Waals surface area contributed by atoms with E-state index in [-0.39, 0.29) is 11.7 Å². The Morgan fingerprint density at radius 1 is 1.44 bits per heavy atom. The molecule has 0 aliphatic heterocycles. The average molecular weight is 250 g/mol. The van der Waals surface area contributed by atoms with E-state index in [1.165, 1.54) is 6.07 Å². The van der Waals surface area contributed by atoms with Gasteiger partial charge in [0.1, 0.15) is 5.82 Å². The third-order valence-electron chi connectivity index (χ3n) is 2.88. The Hall–Kier alpha value is -1.60. The minimum absolute atomic E-state index is 0.189. The van der Waals surface area contributed by atoms with Gasteiger partial charge in [-0.05, 0) is 26.8 Å². The zero-order valence-corrected chi connectivity index (χ0v) is 11.0. The largest absolute Gasteiger partial charge is 0.389 e. The van der Waals surface area contributed by atoms with E-state index in [2.05, 4.69) is 6.07 Å². The third-order valence-corrected chi connectivity index (χ3v) is 2.88. The molecule has 0 fully saturated rings. The zero-order chi connectivity index (χ0) is 13.7. The molecule has 0 spiro atoms. The lowest BCUT2D eigenvalue weighted by Gasteiger charge is -2.28. The molecule has 0 bridgehead atoms. The van der Waals surface area contributed by atoms with E-state index >= 15 is 0 Å². The van der Waals surface area contributed by atoms with Gasteiger partial charge in [-0.3, -0.25) is 0 Å². The molecule has 0 heterocycles. The number of aliphatic hydroxyl groups excluding tert-OH is 1. The standard InChI is InChI=1S/C14H19FN2O/c1-4-17(9-10(2)8-16)14-12(11(3)18)6-5-7-13(14)15/h5-7,10-11,18H,4,9H2,1-3H3. The van der Waals surface area contributed by atoms with Crippen LogP contribution in [0, 0.1) is 23.1 Å². The van der Waals surface area contributed by atoms with Gasteiger partial charge in [0, 0.05) is 18.7 Å². The second kappa shape index (κ2) is 6.36. The Bertz CT molecular complexity index is 440. The van der Waals surface area contributed by atoms with Crippen molar-refractivity contribution in [2.24, 2.45) is 5.92 Å². The molecule has 0 aromatic heterocycles. The minimum atomic E-state index is -0.734. The molecule has 18 heavy (non-hydrogen) atoms. The van der Waals surface area contributed by atoms with E-state index in [1.807, 2.05) is 6.92 Å². The van der Waals surface area contributed by atoms with E-state index in [9.17, 15) is 9.50 Å². The number of nitrogens with zero attached hydrogens (tertiary/aromatic N) is 2. The molecule has 0 amide bonds. The molecule has 4 heteroatoms. The zero-order valence-electron chi connectivity index (χ0n) is 11.0. The van der Waals surface area contributed by atoms with Gasteiger partial charge in [-0.2, -0.15) is 5.26 Å². The number of hydrogen-bond donors (Lipinski definition) is 1. The first-order chi connectivity index (χ1) is 8.51. The van der Waals surface area contributed by atoms with Gasteiger partial charge < -0.3 is 10.0 Å². The van der Waals surface area contributed by atoms with Crippen LogP contribution in [-0.4, -0.2) is 18.2 Å². The monoisotopic (exact) mass is 250 g/mol. The summed E-state index contributed by atoms with van der Waals surface area (Å²) in [5.74, 6) is -0.549. The van der Waals surface area contributed by atoms with Crippen LogP contribution in [0.15, 0.2) is 18.2 Å². The number of anilines is 1. The first-order valence-corrected chi connectivity index (χ1v) is 6.12. The van der Waals surface area contributed by atoms with Gasteiger partial charge >= 0.3 is 0 Å². The quantitative estimate of drug-likeness (QED) is 0.874. The third kappa shape index (κ3) is 3.21. The molecular formula is C14H19FN2O. The highest BCUT2D eigenvalue weighted by atomic mass is 19.1. The molecule has 2 unspecified atom stereocenters. The van der Waals surface area contributed by atoms with Crippen LogP contribution in [0.2, 0.25) is 0 Å². The summed E-state index contributed by atoms with van der Waals surface area (Å²) in [6.07, 6.45) is -0.734. The van der Waals surface area contributed by atoms with Gasteiger partial charge in [0.15, 0.2) is 0 Å². The number of para-hydroxylation sites is 1. The van der Waals surface area contributed by atoms with Crippen LogP contribution in [0.25, 0.3) is 0 Å². The van der Waals surface area contributed by atoms with Crippen molar-refractivity contribution in [3.05, 3.63) is 29.6 Å². The first kappa shape index (κ1) is 14.5. The van der Waals surface area contributed by atoms with Gasteiger partial charge in [-0.15, -0.1) is 0 Å². The summed E-state index contributed by atoms with van der Waals surface area (Å²) >= 11 is 0. The number of nitriles is 1. The maximum atomic E-state index is 14.0. The number of aliphatic hydroxyl groups is 1. The van der Waals surface area contributed by atoms with Gasteiger partial charge in [-0.1, -0.05) is 12.1 Å². The van der Waals surface area contributed by atoms with Gasteiger partial charge in [0.25, 0.3) is 0 Å². The topological polar surface area (TPSA) is 47.3 Å². The summed E-state index contributed by atoms with van der Waals surface area (Å²) < 4.78 is 14.0. The molecule has 2 atom stereocenters. The van der Waals surface area contributed by atoms with Gasteiger partial charge in [0.05, 0.1) is 23.8 Å². The fraction of sp³-hybridized carbons (Fsp3) is 0.500. The van der Waals surface area contributed by atoms with Crippen LogP contribution < -0.4 is 4.90 Å². The molecule has 3 nitrogen and oxygen atoms in total. The molecule has 1 aromatic carbocycles. The molecule has 0 aliphatic carbocycles. The summed E-state index contributed by atoms with van der Waals surface area (Å²) in [6, 6.07) is 6.81. The van der Waals surface area contributed by atoms with Crippen LogP contribution in [0.4, 0.5) is 10.1 Å². The number of hydrogen-bond acceptors (Lipinski definition) is 3. The predicted molar refractivity (Wildman–Crippen MR) is 69.7 cm³/mol. The summed E-state index contributed by atoms with van der Waals surface area (Å²) in [7, 11) is 0. The maximum absolute atomic E-state index is 14.0. The van der Waals surface area contributed by atoms with Gasteiger partial charge in [0.2, 0.25) is 0 Å². The van der Waals surface area contributed by atoms with Crippen molar-refractivity contribution in [1.82, 2.24) is 0 Å². The molecule has 1 aromatic rings. The van der Waals surface area contributed by atoms with Crippen molar-refractivity contribution in [1.29, 1.82) is 5.26 Å². The van der Waals surface area contributed by atoms with E-state index < -0.39 is 6.10 Å². The Kier molecular flexibility index (Phi) is 5.11. The van der Waals surface area contributed by atoms with E-state index in [4.69, 9.17) is 5.26 Å². The smallest absolute Gasteiger partial charge is 0.146 e. The van der Waals surface area contributed by atoms with Crippen molar-refractivity contribution in [2.75, 3.05) is 18.0 Å². The second-order valence-electron chi connectivity index (χ2n) is 4.42. The van der Waals surface area contributed by atoms with Crippen molar-refractivity contribution in [2.45, 2.75) is 26.9 Å². The Morgan fingerprint density at radius 3 is 2.61 bits per heavy atom. The van der Waals surface area contributed by atoms with Crippen LogP contribution >= 0.6 is 0 Å². The molecule has 98 valence electrons. The highest BCUT2D eigenvalue weighted by molar-refractivity contribution is 5.55. The Labute approximate surface area is 107 Å². The number of halogens is 1.